The summed E-state index contributed by atoms with van der Waals surface area (Å²) >= 11 is 0. The fourth-order valence-corrected chi connectivity index (χ4v) is 15.2. The number of imide groups is 1. The summed E-state index contributed by atoms with van der Waals surface area (Å²) in [4.78, 5) is 68.6. The predicted octanol–water partition coefficient (Wildman–Crippen LogP) is 6.41. The Morgan fingerprint density at radius 1 is 0.734 bits per heavy atom. The van der Waals surface area contributed by atoms with Gasteiger partial charge in [-0.05, 0) is 131 Å². The van der Waals surface area contributed by atoms with Crippen LogP contribution in [0.1, 0.15) is 135 Å². The molecule has 1 N–H and O–H groups in total. The quantitative estimate of drug-likeness (QED) is 0.170. The van der Waals surface area contributed by atoms with E-state index in [0.29, 0.717) is 37.5 Å². The molecule has 4 heterocycles. The van der Waals surface area contributed by atoms with Gasteiger partial charge in [-0.2, -0.15) is 0 Å². The summed E-state index contributed by atoms with van der Waals surface area (Å²) < 4.78 is 36.0. The largest absolute Gasteiger partial charge is 0.459 e. The van der Waals surface area contributed by atoms with Crippen LogP contribution < -0.4 is 0 Å². The van der Waals surface area contributed by atoms with Crippen LogP contribution >= 0.6 is 0 Å². The summed E-state index contributed by atoms with van der Waals surface area (Å²) in [7, 11) is 5.03. The summed E-state index contributed by atoms with van der Waals surface area (Å²) in [5.74, 6) is -1.02. The molecule has 10 atom stereocenters. The van der Waals surface area contributed by atoms with Crippen LogP contribution in [0.15, 0.2) is 11.3 Å². The molecular formula is C50H77N3O11. The third-order valence-corrected chi connectivity index (χ3v) is 18.0. The van der Waals surface area contributed by atoms with E-state index in [1.165, 1.54) is 17.7 Å². The normalized spacial score (nSPS) is 38.8. The molecule has 14 nitrogen and oxygen atoms in total. The highest BCUT2D eigenvalue weighted by Gasteiger charge is 2.77. The van der Waals surface area contributed by atoms with Gasteiger partial charge in [0.05, 0.1) is 50.1 Å². The summed E-state index contributed by atoms with van der Waals surface area (Å²) in [5, 5.41) is 9.66. The lowest BCUT2D eigenvalue weighted by atomic mass is 9.59. The van der Waals surface area contributed by atoms with Crippen LogP contribution in [-0.4, -0.2) is 147 Å². The number of ether oxygens (including phenoxy) is 6. The number of rotatable bonds is 12. The molecule has 64 heavy (non-hydrogen) atoms. The zero-order valence-electron chi connectivity index (χ0n) is 39.0. The first-order valence-corrected chi connectivity index (χ1v) is 25.5. The molecule has 3 saturated heterocycles. The fourth-order valence-electron chi connectivity index (χ4n) is 15.2. The van der Waals surface area contributed by atoms with Crippen LogP contribution in [0.25, 0.3) is 0 Å². The highest BCUT2D eigenvalue weighted by Crippen LogP contribution is 2.65. The van der Waals surface area contributed by atoms with E-state index in [-0.39, 0.29) is 92.4 Å². The topological polar surface area (TPSA) is 154 Å². The molecule has 5 aliphatic carbocycles. The number of hydrogen-bond donors (Lipinski definition) is 1. The van der Waals surface area contributed by atoms with E-state index in [9.17, 15) is 9.90 Å². The number of aliphatic hydroxyl groups is 1. The van der Waals surface area contributed by atoms with E-state index >= 15 is 14.4 Å². The van der Waals surface area contributed by atoms with Crippen molar-refractivity contribution >= 4 is 23.9 Å². The van der Waals surface area contributed by atoms with Crippen molar-refractivity contribution in [3.8, 4) is 0 Å². The van der Waals surface area contributed by atoms with Gasteiger partial charge in [0, 0.05) is 46.2 Å². The molecule has 14 heteroatoms. The van der Waals surface area contributed by atoms with Crippen molar-refractivity contribution in [2.24, 2.45) is 40.9 Å². The van der Waals surface area contributed by atoms with Crippen molar-refractivity contribution in [1.29, 1.82) is 0 Å². The molecule has 1 spiro atoms. The van der Waals surface area contributed by atoms with Gasteiger partial charge in [-0.15, -0.1) is 0 Å². The van der Waals surface area contributed by atoms with Crippen LogP contribution in [0.4, 0.5) is 4.79 Å². The number of aliphatic hydroxyl groups excluding tert-OH is 1. The van der Waals surface area contributed by atoms with Crippen molar-refractivity contribution in [3.05, 3.63) is 11.3 Å². The average molecular weight is 896 g/mol. The Labute approximate surface area is 380 Å². The minimum atomic E-state index is -1.46. The lowest BCUT2D eigenvalue weighted by Crippen LogP contribution is -2.66. The highest BCUT2D eigenvalue weighted by atomic mass is 16.6. The Balaban J connectivity index is 1.21. The summed E-state index contributed by atoms with van der Waals surface area (Å²) in [6.07, 6.45) is 17.8. The van der Waals surface area contributed by atoms with Crippen molar-refractivity contribution in [2.75, 3.05) is 60.8 Å². The maximum atomic E-state index is 16.4. The number of esters is 1. The van der Waals surface area contributed by atoms with E-state index < -0.39 is 35.4 Å². The minimum Gasteiger partial charge on any atom is -0.459 e. The van der Waals surface area contributed by atoms with Gasteiger partial charge < -0.3 is 38.4 Å². The number of likely N-dealkylation sites (tertiary alicyclic amines) is 1. The van der Waals surface area contributed by atoms with Gasteiger partial charge in [0.2, 0.25) is 11.8 Å². The molecule has 3 amide bonds. The molecule has 9 aliphatic rings. The zero-order chi connectivity index (χ0) is 44.5. The van der Waals surface area contributed by atoms with Crippen molar-refractivity contribution in [3.63, 3.8) is 0 Å². The predicted molar refractivity (Wildman–Crippen MR) is 236 cm³/mol. The molecule has 0 bridgehead atoms. The molecule has 358 valence electrons. The van der Waals surface area contributed by atoms with Crippen LogP contribution in [0.5, 0.6) is 0 Å². The number of fused-ring (bicyclic) bond motifs is 3. The molecule has 7 fully saturated rings. The second-order valence-corrected chi connectivity index (χ2v) is 21.0. The van der Waals surface area contributed by atoms with Crippen molar-refractivity contribution < 1.29 is 52.7 Å². The standard InChI is InChI=1S/C50H77N3O11/c1-59-26-27-63-49(58)52-38-17-11-10-16-37(38)50(48(52)57)41(46(55)51-23-22-34-28-39(60-2)40(61-3)29-35(34)30-51)43-47(56)64-44(32-14-8-5-9-15-32)42(31-12-6-4-7-13-31)53(43)45(50)33-18-20-36(21-19-33)62-25-24-54/h31-36,39-45,54H,4-30H2,1-3H3/t33?,34?,35?,36?,39?,40?,41-,42-,43-,44+,45+,50-/m0/s1. The SMILES string of the molecule is COCCOC(=O)N1C(=O)[C@@]2(C3=C1CCCC3)[C@H](C(=O)N1CCC3CC(OC)C(OC)CC3C1)[C@H]1C(=O)O[C@H](C3CCCCC3)[C@H](C3CCCCC3)N1[C@@H]2C1CCC(OCCO)CC1. The number of carbonyl (C=O) groups excluding carboxylic acids is 4. The first kappa shape index (κ1) is 46.5. The van der Waals surface area contributed by atoms with E-state index in [2.05, 4.69) is 4.90 Å². The van der Waals surface area contributed by atoms with Crippen LogP contribution in [0.2, 0.25) is 0 Å². The second-order valence-electron chi connectivity index (χ2n) is 21.0. The molecule has 9 rings (SSSR count). The second kappa shape index (κ2) is 20.3. The Morgan fingerprint density at radius 3 is 2.08 bits per heavy atom. The van der Waals surface area contributed by atoms with Gasteiger partial charge in [-0.1, -0.05) is 38.5 Å². The highest BCUT2D eigenvalue weighted by molar-refractivity contribution is 6.07. The van der Waals surface area contributed by atoms with E-state index in [4.69, 9.17) is 28.4 Å². The molecule has 0 aromatic heterocycles. The van der Waals surface area contributed by atoms with Gasteiger partial charge in [-0.3, -0.25) is 19.3 Å². The van der Waals surface area contributed by atoms with E-state index in [0.717, 1.165) is 115 Å². The number of methoxy groups -OCH3 is 3. The number of carbonyl (C=O) groups is 4. The zero-order valence-corrected chi connectivity index (χ0v) is 39.0. The fraction of sp³-hybridized carbons (Fsp3) is 0.880. The maximum absolute atomic E-state index is 16.4. The number of piperidine rings is 1. The van der Waals surface area contributed by atoms with Crippen molar-refractivity contribution in [1.82, 2.24) is 14.7 Å². The first-order valence-electron chi connectivity index (χ1n) is 25.5. The number of hydrogen-bond acceptors (Lipinski definition) is 12. The average Bonchev–Trinajstić information content (AvgIpc) is 3.79. The van der Waals surface area contributed by atoms with E-state index in [1.54, 1.807) is 21.3 Å². The molecule has 4 unspecified atom stereocenters. The lowest BCUT2D eigenvalue weighted by Gasteiger charge is -2.53. The smallest absolute Gasteiger partial charge is 0.421 e. The molecule has 0 radical (unpaired) electrons. The minimum absolute atomic E-state index is 0.00159. The Morgan fingerprint density at radius 2 is 1.41 bits per heavy atom. The van der Waals surface area contributed by atoms with Crippen LogP contribution in [0, 0.1) is 40.9 Å². The van der Waals surface area contributed by atoms with Crippen LogP contribution in [-0.2, 0) is 42.8 Å². The maximum Gasteiger partial charge on any atom is 0.421 e. The lowest BCUT2D eigenvalue weighted by molar-refractivity contribution is -0.191. The summed E-state index contributed by atoms with van der Waals surface area (Å²) in [5.41, 5.74) is 0.0873. The van der Waals surface area contributed by atoms with Gasteiger partial charge >= 0.3 is 12.1 Å². The molecule has 0 aromatic rings. The molecule has 4 aliphatic heterocycles. The Kier molecular flexibility index (Phi) is 14.8. The summed E-state index contributed by atoms with van der Waals surface area (Å²) in [6.45, 7) is 1.46. The molecule has 0 aromatic carbocycles. The first-order chi connectivity index (χ1) is 31.3. The summed E-state index contributed by atoms with van der Waals surface area (Å²) in [6, 6.07) is -1.61. The molecule has 4 saturated carbocycles. The van der Waals surface area contributed by atoms with Gasteiger partial charge in [-0.25, -0.2) is 9.69 Å². The number of cyclic esters (lactones) is 1. The van der Waals surface area contributed by atoms with E-state index in [1.807, 2.05) is 4.90 Å². The molecular weight excluding hydrogens is 819 g/mol. The number of amides is 3. The van der Waals surface area contributed by atoms with Gasteiger partial charge in [0.1, 0.15) is 24.2 Å². The Bertz CT molecular complexity index is 1710. The van der Waals surface area contributed by atoms with Gasteiger partial charge in [0.25, 0.3) is 0 Å². The van der Waals surface area contributed by atoms with Crippen molar-refractivity contribution in [2.45, 2.75) is 177 Å². The van der Waals surface area contributed by atoms with Crippen LogP contribution in [0.3, 0.4) is 0 Å². The third-order valence-electron chi connectivity index (χ3n) is 18.0. The number of morpholine rings is 1. The Hall–Kier alpha value is -2.62. The number of allylic oxidation sites excluding steroid dienone is 1. The number of nitrogens with zero attached hydrogens (tertiary/aromatic N) is 3. The van der Waals surface area contributed by atoms with Gasteiger partial charge in [0.15, 0.2) is 0 Å². The third kappa shape index (κ3) is 8.28. The monoisotopic (exact) mass is 896 g/mol.